The second-order valence-electron chi connectivity index (χ2n) is 17.7. The average Bonchev–Trinajstić information content (AvgIpc) is 3.23. The third kappa shape index (κ3) is 21.1. The Balaban J connectivity index is 1.99. The highest BCUT2D eigenvalue weighted by Crippen LogP contribution is 2.32. The normalized spacial score (nSPS) is 27.9. The van der Waals surface area contributed by atoms with Crippen molar-refractivity contribution in [3.8, 4) is 0 Å². The van der Waals surface area contributed by atoms with Crippen molar-refractivity contribution in [2.75, 3.05) is 13.2 Å². The number of allylic oxidation sites excluding steroid dienone is 1. The number of hydrogen-bond donors (Lipinski definition) is 6. The highest BCUT2D eigenvalue weighted by atomic mass is 16.8. The second kappa shape index (κ2) is 32.9. The summed E-state index contributed by atoms with van der Waals surface area (Å²) in [5, 5.41) is 62.6. The van der Waals surface area contributed by atoms with E-state index >= 15 is 0 Å². The van der Waals surface area contributed by atoms with E-state index in [-0.39, 0.29) is 12.3 Å². The van der Waals surface area contributed by atoms with E-state index in [4.69, 9.17) is 23.7 Å². The molecule has 0 radical (unpaired) electrons. The van der Waals surface area contributed by atoms with Crippen LogP contribution in [0.3, 0.4) is 0 Å². The monoisotopic (exact) mass is 859 g/mol. The molecule has 0 spiro atoms. The number of rotatable bonds is 35. The van der Waals surface area contributed by atoms with Crippen molar-refractivity contribution in [1.29, 1.82) is 0 Å². The summed E-state index contributed by atoms with van der Waals surface area (Å²) < 4.78 is 29.0. The maximum Gasteiger partial charge on any atom is 0.309 e. The first-order chi connectivity index (χ1) is 29.0. The maximum absolute atomic E-state index is 13.6. The van der Waals surface area contributed by atoms with Crippen LogP contribution in [0.1, 0.15) is 188 Å². The quantitative estimate of drug-likeness (QED) is 0.0211. The van der Waals surface area contributed by atoms with Gasteiger partial charge in [-0.2, -0.15) is 0 Å². The van der Waals surface area contributed by atoms with E-state index in [1.54, 1.807) is 6.92 Å². The number of carbonyl (C=O) groups excluding carboxylic acids is 2. The number of ether oxygens (including phenoxy) is 5. The second-order valence-corrected chi connectivity index (χ2v) is 17.7. The van der Waals surface area contributed by atoms with Crippen LogP contribution in [0.15, 0.2) is 12.7 Å². The van der Waals surface area contributed by atoms with Crippen molar-refractivity contribution < 1.29 is 63.9 Å². The SMILES string of the molecule is C=CCCCCCCCCCCC[C@H](C)C[C@H](C)C(=O)O[C@@H]1C(OC(=O)CCCCCCCCCCCCCCC)[C@@H](O[C@H]2OC(CO)[C@@H](O)C(O)[C@H]2O)OC(CO)[C@H]1O. The van der Waals surface area contributed by atoms with Crippen LogP contribution in [0.4, 0.5) is 0 Å². The Morgan fingerprint density at radius 1 is 0.600 bits per heavy atom. The highest BCUT2D eigenvalue weighted by molar-refractivity contribution is 5.72. The minimum atomic E-state index is -1.81. The van der Waals surface area contributed by atoms with Gasteiger partial charge in [0.2, 0.25) is 6.29 Å². The molecule has 2 fully saturated rings. The average molecular weight is 859 g/mol. The van der Waals surface area contributed by atoms with Crippen molar-refractivity contribution in [2.45, 2.75) is 249 Å². The predicted octanol–water partition coefficient (Wildman–Crippen LogP) is 7.33. The van der Waals surface area contributed by atoms with Crippen LogP contribution >= 0.6 is 0 Å². The molecule has 60 heavy (non-hydrogen) atoms. The van der Waals surface area contributed by atoms with Crippen molar-refractivity contribution in [2.24, 2.45) is 11.8 Å². The van der Waals surface area contributed by atoms with Gasteiger partial charge in [-0.05, 0) is 31.6 Å². The molecule has 0 aromatic carbocycles. The summed E-state index contributed by atoms with van der Waals surface area (Å²) in [6.45, 7) is 8.43. The molecule has 2 aliphatic heterocycles. The van der Waals surface area contributed by atoms with Gasteiger partial charge in [-0.25, -0.2) is 0 Å². The van der Waals surface area contributed by atoms with Gasteiger partial charge in [0.1, 0.15) is 36.6 Å². The molecule has 352 valence electrons. The lowest BCUT2D eigenvalue weighted by molar-refractivity contribution is -0.377. The highest BCUT2D eigenvalue weighted by Gasteiger charge is 2.53. The Kier molecular flexibility index (Phi) is 29.9. The molecule has 12 atom stereocenters. The summed E-state index contributed by atoms with van der Waals surface area (Å²) in [4.78, 5) is 26.9. The molecule has 0 aromatic heterocycles. The molecule has 13 heteroatoms. The van der Waals surface area contributed by atoms with E-state index in [2.05, 4.69) is 20.4 Å². The summed E-state index contributed by atoms with van der Waals surface area (Å²) in [7, 11) is 0. The predicted molar refractivity (Wildman–Crippen MR) is 231 cm³/mol. The van der Waals surface area contributed by atoms with Gasteiger partial charge in [0.05, 0.1) is 19.1 Å². The lowest BCUT2D eigenvalue weighted by Gasteiger charge is -2.46. The van der Waals surface area contributed by atoms with Crippen molar-refractivity contribution in [1.82, 2.24) is 0 Å². The summed E-state index contributed by atoms with van der Waals surface area (Å²) in [5.41, 5.74) is 0. The zero-order chi connectivity index (χ0) is 44.1. The van der Waals surface area contributed by atoms with Crippen molar-refractivity contribution >= 4 is 11.9 Å². The third-order valence-corrected chi connectivity index (χ3v) is 12.2. The van der Waals surface area contributed by atoms with Crippen LogP contribution in [0.2, 0.25) is 0 Å². The number of esters is 2. The molecular formula is C47H86O13. The van der Waals surface area contributed by atoms with Crippen LogP contribution in [-0.4, -0.2) is 117 Å². The zero-order valence-corrected chi connectivity index (χ0v) is 37.6. The third-order valence-electron chi connectivity index (χ3n) is 12.2. The number of hydrogen-bond acceptors (Lipinski definition) is 13. The van der Waals surface area contributed by atoms with Crippen LogP contribution in [0, 0.1) is 11.8 Å². The molecule has 2 heterocycles. The van der Waals surface area contributed by atoms with Gasteiger partial charge in [-0.1, -0.05) is 162 Å². The molecule has 2 aliphatic rings. The smallest absolute Gasteiger partial charge is 0.309 e. The first-order valence-electron chi connectivity index (χ1n) is 23.9. The topological polar surface area (TPSA) is 202 Å². The summed E-state index contributed by atoms with van der Waals surface area (Å²) >= 11 is 0. The fourth-order valence-corrected chi connectivity index (χ4v) is 8.31. The number of aliphatic hydroxyl groups excluding tert-OH is 6. The lowest BCUT2D eigenvalue weighted by atomic mass is 9.92. The fourth-order valence-electron chi connectivity index (χ4n) is 8.31. The molecule has 6 N–H and O–H groups in total. The Morgan fingerprint density at radius 3 is 1.62 bits per heavy atom. The molecule has 0 aromatic rings. The molecule has 2 rings (SSSR count). The zero-order valence-electron chi connectivity index (χ0n) is 37.6. The van der Waals surface area contributed by atoms with Gasteiger partial charge in [-0.15, -0.1) is 6.58 Å². The van der Waals surface area contributed by atoms with Gasteiger partial charge in [0, 0.05) is 6.42 Å². The Morgan fingerprint density at radius 2 is 1.08 bits per heavy atom. The first-order valence-corrected chi connectivity index (χ1v) is 23.9. The van der Waals surface area contributed by atoms with Crippen LogP contribution in [0.25, 0.3) is 0 Å². The van der Waals surface area contributed by atoms with Gasteiger partial charge >= 0.3 is 11.9 Å². The van der Waals surface area contributed by atoms with E-state index in [0.717, 1.165) is 51.4 Å². The Bertz CT molecular complexity index is 1110. The van der Waals surface area contributed by atoms with Gasteiger partial charge in [0.15, 0.2) is 18.5 Å². The Hall–Kier alpha value is -1.68. The van der Waals surface area contributed by atoms with E-state index < -0.39 is 92.5 Å². The first kappa shape index (κ1) is 54.5. The van der Waals surface area contributed by atoms with Crippen LogP contribution in [0.5, 0.6) is 0 Å². The molecule has 4 unspecified atom stereocenters. The molecule has 0 saturated carbocycles. The standard InChI is InChI=1S/C47H86O13/c1-5-7-9-11-13-15-17-18-20-22-24-26-28-30-38(50)58-44-43(40(52)37(33-49)57-47(44)60-46-42(54)41(53)39(51)36(32-48)56-46)59-45(55)35(4)31-34(3)29-27-25-23-21-19-16-14-12-10-8-6-2/h6,34-37,39-44,46-49,51-54H,2,5,7-33H2,1,3-4H3/t34-,35-,36?,37?,39+,40+,41?,42+,43-,44?,46+,47+/m0/s1. The van der Waals surface area contributed by atoms with E-state index in [1.807, 2.05) is 6.08 Å². The molecule has 0 bridgehead atoms. The van der Waals surface area contributed by atoms with Gasteiger partial charge in [0.25, 0.3) is 0 Å². The largest absolute Gasteiger partial charge is 0.455 e. The minimum absolute atomic E-state index is 0.0469. The van der Waals surface area contributed by atoms with E-state index in [1.165, 1.54) is 96.3 Å². The van der Waals surface area contributed by atoms with Gasteiger partial charge in [-0.3, -0.25) is 9.59 Å². The summed E-state index contributed by atoms with van der Waals surface area (Å²) in [6, 6.07) is 0. The minimum Gasteiger partial charge on any atom is -0.455 e. The number of aliphatic hydroxyl groups is 6. The Labute approximate surface area is 361 Å². The molecular weight excluding hydrogens is 773 g/mol. The van der Waals surface area contributed by atoms with E-state index in [9.17, 15) is 40.2 Å². The number of carbonyl (C=O) groups is 2. The number of unbranched alkanes of at least 4 members (excludes halogenated alkanes) is 21. The molecule has 0 aliphatic carbocycles. The van der Waals surface area contributed by atoms with E-state index in [0.29, 0.717) is 12.8 Å². The molecule has 2 saturated heterocycles. The lowest BCUT2D eigenvalue weighted by Crippen LogP contribution is -2.65. The van der Waals surface area contributed by atoms with Crippen molar-refractivity contribution in [3.05, 3.63) is 12.7 Å². The molecule has 0 amide bonds. The van der Waals surface area contributed by atoms with Crippen molar-refractivity contribution in [3.63, 3.8) is 0 Å². The molecule has 13 nitrogen and oxygen atoms in total. The van der Waals surface area contributed by atoms with Crippen LogP contribution in [-0.2, 0) is 33.3 Å². The van der Waals surface area contributed by atoms with Gasteiger partial charge < -0.3 is 54.3 Å². The fraction of sp³-hybridized carbons (Fsp3) is 0.915. The van der Waals surface area contributed by atoms with Crippen LogP contribution < -0.4 is 0 Å². The summed E-state index contributed by atoms with van der Waals surface area (Å²) in [6.07, 6.45) is 14.5. The maximum atomic E-state index is 13.6. The summed E-state index contributed by atoms with van der Waals surface area (Å²) in [5.74, 6) is -1.59.